The van der Waals surface area contributed by atoms with Crippen molar-refractivity contribution in [2.45, 2.75) is 69.3 Å². The summed E-state index contributed by atoms with van der Waals surface area (Å²) in [5.74, 6) is -2.08. The molecular formula is C26H35F3N4O6S2Si. The lowest BCUT2D eigenvalue weighted by atomic mass is 10.2. The SMILES string of the molecule is CC(C)(CNC(=O)C(F)(F)F)SSCO[C@@H]1C[C@H](n2ccc(NC(=O)c3ccccc3)nc2=O)O[C@@H]1CO[Si](C)(C)C. The molecule has 1 fully saturated rings. The highest BCUT2D eigenvalue weighted by atomic mass is 33.1. The number of halogens is 3. The number of carbonyl (C=O) groups excluding carboxylic acids is 2. The standard InChI is InChI=1S/C26H35F3N4O6S2Si/c1-25(2,15-30-23(35)26(27,28)29)41-40-16-37-18-13-21(39-19(18)14-38-42(3,4)5)33-12-11-20(32-24(33)36)31-22(34)17-9-7-6-8-10-17/h6-12,18-19,21H,13-16H2,1-5H3,(H,30,35)(H,31,32,34,36)/t18-,19-,21-/m1/s1. The topological polar surface area (TPSA) is 121 Å². The third-order valence-electron chi connectivity index (χ3n) is 5.83. The van der Waals surface area contributed by atoms with E-state index in [0.29, 0.717) is 12.0 Å². The first-order valence-corrected chi connectivity index (χ1v) is 18.8. The van der Waals surface area contributed by atoms with Crippen LogP contribution in [0.1, 0.15) is 36.9 Å². The average Bonchev–Trinajstić information content (AvgIpc) is 3.31. The first kappa shape index (κ1) is 34.1. The number of hydrogen-bond acceptors (Lipinski definition) is 9. The zero-order valence-corrected chi connectivity index (χ0v) is 26.5. The summed E-state index contributed by atoms with van der Waals surface area (Å²) in [4.78, 5) is 40.4. The van der Waals surface area contributed by atoms with Crippen molar-refractivity contribution in [1.29, 1.82) is 0 Å². The summed E-state index contributed by atoms with van der Waals surface area (Å²) in [5, 5.41) is 4.51. The first-order valence-electron chi connectivity index (χ1n) is 13.1. The van der Waals surface area contributed by atoms with E-state index in [1.807, 2.05) is 25.0 Å². The quantitative estimate of drug-likeness (QED) is 0.136. The molecule has 16 heteroatoms. The molecule has 2 aromatic rings. The Balaban J connectivity index is 1.60. The van der Waals surface area contributed by atoms with E-state index in [0.717, 1.165) is 0 Å². The minimum atomic E-state index is -4.93. The fraction of sp³-hybridized carbons (Fsp3) is 0.538. The van der Waals surface area contributed by atoms with Gasteiger partial charge in [0.25, 0.3) is 5.91 Å². The monoisotopic (exact) mass is 648 g/mol. The van der Waals surface area contributed by atoms with Crippen LogP contribution in [0.4, 0.5) is 19.0 Å². The van der Waals surface area contributed by atoms with Crippen LogP contribution in [-0.4, -0.2) is 71.9 Å². The van der Waals surface area contributed by atoms with Gasteiger partial charge in [-0.1, -0.05) is 39.8 Å². The molecule has 3 rings (SSSR count). The van der Waals surface area contributed by atoms with Crippen molar-refractivity contribution < 1.29 is 36.7 Å². The van der Waals surface area contributed by atoms with Gasteiger partial charge in [-0.25, -0.2) is 4.79 Å². The largest absolute Gasteiger partial charge is 0.471 e. The normalized spacial score (nSPS) is 19.5. The zero-order valence-electron chi connectivity index (χ0n) is 23.9. The molecule has 1 saturated heterocycles. The summed E-state index contributed by atoms with van der Waals surface area (Å²) in [6.07, 6.45) is -4.70. The van der Waals surface area contributed by atoms with E-state index in [4.69, 9.17) is 13.9 Å². The molecule has 0 radical (unpaired) electrons. The summed E-state index contributed by atoms with van der Waals surface area (Å²) in [5.41, 5.74) is -0.178. The van der Waals surface area contributed by atoms with E-state index in [1.165, 1.54) is 38.4 Å². The van der Waals surface area contributed by atoms with Crippen molar-refractivity contribution in [3.8, 4) is 0 Å². The lowest BCUT2D eigenvalue weighted by molar-refractivity contribution is -0.173. The molecule has 0 spiro atoms. The summed E-state index contributed by atoms with van der Waals surface area (Å²) in [7, 11) is 0.680. The molecule has 0 bridgehead atoms. The second-order valence-electron chi connectivity index (χ2n) is 11.1. The molecule has 2 amide bonds. The Kier molecular flexibility index (Phi) is 11.7. The van der Waals surface area contributed by atoms with E-state index >= 15 is 0 Å². The molecule has 0 aliphatic carbocycles. The van der Waals surface area contributed by atoms with E-state index < -0.39 is 55.2 Å². The van der Waals surface area contributed by atoms with Crippen LogP contribution >= 0.6 is 21.6 Å². The first-order chi connectivity index (χ1) is 19.5. The zero-order chi connectivity index (χ0) is 31.1. The minimum Gasteiger partial charge on any atom is -0.415 e. The molecule has 1 aliphatic heterocycles. The van der Waals surface area contributed by atoms with Gasteiger partial charge in [-0.3, -0.25) is 14.2 Å². The molecule has 42 heavy (non-hydrogen) atoms. The predicted molar refractivity (Wildman–Crippen MR) is 159 cm³/mol. The highest BCUT2D eigenvalue weighted by molar-refractivity contribution is 8.77. The van der Waals surface area contributed by atoms with Crippen LogP contribution in [0.5, 0.6) is 0 Å². The maximum absolute atomic E-state index is 12.9. The minimum absolute atomic E-state index is 0.108. The van der Waals surface area contributed by atoms with E-state index in [9.17, 15) is 27.6 Å². The van der Waals surface area contributed by atoms with Gasteiger partial charge in [0.05, 0.1) is 12.7 Å². The van der Waals surface area contributed by atoms with Gasteiger partial charge in [0.15, 0.2) is 8.32 Å². The van der Waals surface area contributed by atoms with Gasteiger partial charge in [0, 0.05) is 29.5 Å². The molecule has 10 nitrogen and oxygen atoms in total. The average molecular weight is 649 g/mol. The molecule has 0 unspecified atom stereocenters. The van der Waals surface area contributed by atoms with E-state index in [1.54, 1.807) is 44.2 Å². The van der Waals surface area contributed by atoms with Crippen LogP contribution in [0.3, 0.4) is 0 Å². The third-order valence-corrected chi connectivity index (χ3v) is 9.80. The Morgan fingerprint density at radius 1 is 1.17 bits per heavy atom. The molecule has 0 saturated carbocycles. The van der Waals surface area contributed by atoms with Crippen LogP contribution in [0, 0.1) is 0 Å². The van der Waals surface area contributed by atoms with Gasteiger partial charge in [0.1, 0.15) is 24.1 Å². The molecule has 2 heterocycles. The van der Waals surface area contributed by atoms with Gasteiger partial charge in [-0.05, 0) is 51.7 Å². The number of rotatable bonds is 13. The number of hydrogen-bond donors (Lipinski definition) is 2. The maximum atomic E-state index is 12.9. The second kappa shape index (κ2) is 14.4. The molecule has 3 atom stereocenters. The number of carbonyl (C=O) groups is 2. The Morgan fingerprint density at radius 2 is 1.86 bits per heavy atom. The summed E-state index contributed by atoms with van der Waals surface area (Å²) in [6.45, 7) is 9.63. The van der Waals surface area contributed by atoms with Gasteiger partial charge in [-0.2, -0.15) is 18.2 Å². The molecule has 1 aliphatic rings. The Morgan fingerprint density at radius 3 is 2.48 bits per heavy atom. The number of ether oxygens (including phenoxy) is 2. The molecule has 232 valence electrons. The number of nitrogens with one attached hydrogen (secondary N) is 2. The number of nitrogens with zero attached hydrogens (tertiary/aromatic N) is 2. The van der Waals surface area contributed by atoms with E-state index in [2.05, 4.69) is 10.3 Å². The molecular weight excluding hydrogens is 614 g/mol. The second-order valence-corrected chi connectivity index (χ2v) is 18.5. The number of alkyl halides is 3. The Labute approximate surface area is 251 Å². The van der Waals surface area contributed by atoms with Gasteiger partial charge in [-0.15, -0.1) is 0 Å². The smallest absolute Gasteiger partial charge is 0.415 e. The van der Waals surface area contributed by atoms with Crippen LogP contribution < -0.4 is 16.3 Å². The van der Waals surface area contributed by atoms with Gasteiger partial charge < -0.3 is 24.5 Å². The molecule has 1 aromatic heterocycles. The number of aromatic nitrogens is 2. The summed E-state index contributed by atoms with van der Waals surface area (Å²) >= 11 is 0. The summed E-state index contributed by atoms with van der Waals surface area (Å²) < 4.78 is 56.4. The Bertz CT molecular complexity index is 1280. The molecule has 2 N–H and O–H groups in total. The number of benzene rings is 1. The van der Waals surface area contributed by atoms with Crippen LogP contribution in [0.15, 0.2) is 47.4 Å². The van der Waals surface area contributed by atoms with Gasteiger partial charge >= 0.3 is 17.8 Å². The van der Waals surface area contributed by atoms with Crippen molar-refractivity contribution in [2.24, 2.45) is 0 Å². The third kappa shape index (κ3) is 10.7. The maximum Gasteiger partial charge on any atom is 0.471 e. The number of anilines is 1. The van der Waals surface area contributed by atoms with Crippen molar-refractivity contribution in [2.75, 3.05) is 24.4 Å². The Hall–Kier alpha value is -2.37. The van der Waals surface area contributed by atoms with Crippen molar-refractivity contribution in [1.82, 2.24) is 14.9 Å². The fourth-order valence-electron chi connectivity index (χ4n) is 3.73. The highest BCUT2D eigenvalue weighted by Gasteiger charge is 2.40. The van der Waals surface area contributed by atoms with Crippen LogP contribution in [0.25, 0.3) is 0 Å². The summed E-state index contributed by atoms with van der Waals surface area (Å²) in [6, 6.07) is 10.1. The lowest BCUT2D eigenvalue weighted by Crippen LogP contribution is -2.42. The number of amides is 2. The fourth-order valence-corrected chi connectivity index (χ4v) is 6.57. The highest BCUT2D eigenvalue weighted by Crippen LogP contribution is 2.37. The van der Waals surface area contributed by atoms with Crippen molar-refractivity contribution in [3.63, 3.8) is 0 Å². The van der Waals surface area contributed by atoms with Crippen molar-refractivity contribution in [3.05, 3.63) is 58.6 Å². The lowest BCUT2D eigenvalue weighted by Gasteiger charge is -2.25. The van der Waals surface area contributed by atoms with Crippen LogP contribution in [-0.2, 0) is 18.7 Å². The van der Waals surface area contributed by atoms with Crippen molar-refractivity contribution >= 4 is 47.5 Å². The van der Waals surface area contributed by atoms with E-state index in [-0.39, 0.29) is 24.9 Å². The van der Waals surface area contributed by atoms with Crippen LogP contribution in [0.2, 0.25) is 19.6 Å². The molecule has 1 aromatic carbocycles. The van der Waals surface area contributed by atoms with Gasteiger partial charge in [0.2, 0.25) is 0 Å². The predicted octanol–water partition coefficient (Wildman–Crippen LogP) is 4.82.